The zero-order valence-electron chi connectivity index (χ0n) is 21.7. The third-order valence-electron chi connectivity index (χ3n) is 6.01. The molecule has 0 unspecified atom stereocenters. The second kappa shape index (κ2) is 13.4. The first-order chi connectivity index (χ1) is 19.4. The van der Waals surface area contributed by atoms with Gasteiger partial charge in [-0.05, 0) is 42.3 Å². The van der Waals surface area contributed by atoms with Gasteiger partial charge < -0.3 is 20.1 Å². The van der Waals surface area contributed by atoms with E-state index in [0.717, 1.165) is 11.8 Å². The minimum Gasteiger partial charge on any atom is -0.495 e. The maximum Gasteiger partial charge on any atom is 0.337 e. The van der Waals surface area contributed by atoms with Crippen molar-refractivity contribution in [3.05, 3.63) is 110 Å². The van der Waals surface area contributed by atoms with Crippen molar-refractivity contribution in [3.8, 4) is 11.8 Å². The number of hydrogen-bond acceptors (Lipinski definition) is 7. The lowest BCUT2D eigenvalue weighted by Crippen LogP contribution is -2.30. The Morgan fingerprint density at radius 1 is 1.07 bits per heavy atom. The summed E-state index contributed by atoms with van der Waals surface area (Å²) in [5.74, 6) is -1.32. The quantitative estimate of drug-likeness (QED) is 0.264. The van der Waals surface area contributed by atoms with E-state index in [2.05, 4.69) is 16.7 Å². The Kier molecular flexibility index (Phi) is 9.78. The van der Waals surface area contributed by atoms with E-state index in [1.165, 1.54) is 7.11 Å². The van der Waals surface area contributed by atoms with E-state index in [1.54, 1.807) is 49.4 Å². The highest BCUT2D eigenvalue weighted by Crippen LogP contribution is 2.45. The first kappa shape index (κ1) is 29.1. The van der Waals surface area contributed by atoms with Crippen LogP contribution in [0.3, 0.4) is 0 Å². The van der Waals surface area contributed by atoms with E-state index in [4.69, 9.17) is 32.7 Å². The number of methoxy groups -OCH3 is 1. The van der Waals surface area contributed by atoms with E-state index < -0.39 is 11.9 Å². The number of nitriles is 1. The number of nitrogens with one attached hydrogen (secondary N) is 2. The number of ether oxygens (including phenoxy) is 2. The molecule has 0 spiro atoms. The van der Waals surface area contributed by atoms with Crippen molar-refractivity contribution in [1.82, 2.24) is 5.32 Å². The number of thioether (sulfide) groups is 1. The van der Waals surface area contributed by atoms with Crippen LogP contribution >= 0.6 is 35.0 Å². The molecule has 1 amide bonds. The maximum atomic E-state index is 13.4. The predicted molar refractivity (Wildman–Crippen MR) is 159 cm³/mol. The van der Waals surface area contributed by atoms with Crippen LogP contribution in [0.1, 0.15) is 24.0 Å². The summed E-state index contributed by atoms with van der Waals surface area (Å²) in [7, 11) is 1.50. The Labute approximate surface area is 246 Å². The van der Waals surface area contributed by atoms with Crippen LogP contribution in [0, 0.1) is 11.3 Å². The van der Waals surface area contributed by atoms with E-state index in [1.807, 2.05) is 30.3 Å². The van der Waals surface area contributed by atoms with E-state index in [0.29, 0.717) is 43.3 Å². The Morgan fingerprint density at radius 3 is 2.48 bits per heavy atom. The lowest BCUT2D eigenvalue weighted by molar-refractivity contribution is -0.138. The Bertz CT molecular complexity index is 1530. The third-order valence-corrected chi connectivity index (χ3v) is 7.60. The van der Waals surface area contributed by atoms with Gasteiger partial charge in [-0.15, -0.1) is 0 Å². The first-order valence-electron chi connectivity index (χ1n) is 12.3. The average molecular weight is 595 g/mol. The van der Waals surface area contributed by atoms with E-state index in [-0.39, 0.29) is 29.4 Å². The van der Waals surface area contributed by atoms with Crippen molar-refractivity contribution in [2.45, 2.75) is 12.8 Å². The molecule has 7 nitrogen and oxygen atoms in total. The minimum atomic E-state index is -0.826. The molecular formula is C30H25Cl2N3O4S. The standard InChI is InChI=1S/C30H25Cl2N3O4S/c1-3-39-30(37)27-26(20-11-7-8-12-22(20)32)21(16-33)29(35-28(27)18-9-5-4-6-10-18)40-17-25(36)34-23-15-19(31)13-14-24(23)38-2/h4-15,26,35H,3,17H2,1-2H3,(H,34,36)/t26-/m1/s1. The molecule has 0 radical (unpaired) electrons. The van der Waals surface area contributed by atoms with Crippen molar-refractivity contribution >= 4 is 58.2 Å². The molecule has 0 saturated carbocycles. The van der Waals surface area contributed by atoms with Gasteiger partial charge in [-0.3, -0.25) is 4.79 Å². The van der Waals surface area contributed by atoms with Crippen LogP contribution in [0.5, 0.6) is 5.75 Å². The van der Waals surface area contributed by atoms with Gasteiger partial charge in [0.25, 0.3) is 0 Å². The van der Waals surface area contributed by atoms with Crippen molar-refractivity contribution < 1.29 is 19.1 Å². The molecule has 10 heteroatoms. The number of carbonyl (C=O) groups excluding carboxylic acids is 2. The molecule has 0 aliphatic carbocycles. The fourth-order valence-corrected chi connectivity index (χ4v) is 5.54. The number of amides is 1. The molecular weight excluding hydrogens is 569 g/mol. The van der Waals surface area contributed by atoms with Crippen molar-refractivity contribution in [3.63, 3.8) is 0 Å². The molecule has 204 valence electrons. The van der Waals surface area contributed by atoms with Gasteiger partial charge >= 0.3 is 5.97 Å². The lowest BCUT2D eigenvalue weighted by Gasteiger charge is -2.31. The van der Waals surface area contributed by atoms with Gasteiger partial charge in [-0.25, -0.2) is 4.79 Å². The van der Waals surface area contributed by atoms with Gasteiger partial charge in [0.1, 0.15) is 5.75 Å². The van der Waals surface area contributed by atoms with Crippen molar-refractivity contribution in [2.75, 3.05) is 24.8 Å². The number of nitrogens with zero attached hydrogens (tertiary/aromatic N) is 1. The van der Waals surface area contributed by atoms with Crippen molar-refractivity contribution in [1.29, 1.82) is 5.26 Å². The number of hydrogen-bond donors (Lipinski definition) is 2. The molecule has 1 aliphatic rings. The summed E-state index contributed by atoms with van der Waals surface area (Å²) in [5.41, 5.74) is 2.69. The fraction of sp³-hybridized carbons (Fsp3) is 0.167. The van der Waals surface area contributed by atoms with Crippen LogP contribution in [0.25, 0.3) is 5.70 Å². The highest BCUT2D eigenvalue weighted by Gasteiger charge is 2.38. The summed E-state index contributed by atoms with van der Waals surface area (Å²) in [6, 6.07) is 23.5. The summed E-state index contributed by atoms with van der Waals surface area (Å²) in [5, 5.41) is 17.7. The van der Waals surface area contributed by atoms with Crippen molar-refractivity contribution in [2.24, 2.45) is 0 Å². The monoisotopic (exact) mass is 593 g/mol. The molecule has 0 bridgehead atoms. The third kappa shape index (κ3) is 6.45. The smallest absolute Gasteiger partial charge is 0.337 e. The maximum absolute atomic E-state index is 13.4. The molecule has 2 N–H and O–H groups in total. The molecule has 1 aliphatic heterocycles. The van der Waals surface area contributed by atoms with Crippen LogP contribution in [0.15, 0.2) is 89.0 Å². The number of dihydropyridines is 1. The Balaban J connectivity index is 1.76. The molecule has 1 heterocycles. The van der Waals surface area contributed by atoms with Gasteiger partial charge in [0.05, 0.1) is 59.0 Å². The molecule has 4 rings (SSSR count). The SMILES string of the molecule is CCOC(=O)C1=C(c2ccccc2)NC(SCC(=O)Nc2cc(Cl)ccc2OC)=C(C#N)[C@H]1c1ccccc1Cl. The molecule has 40 heavy (non-hydrogen) atoms. The summed E-state index contributed by atoms with van der Waals surface area (Å²) >= 11 is 13.8. The minimum absolute atomic E-state index is 0.0464. The van der Waals surface area contributed by atoms with Crippen LogP contribution in [-0.4, -0.2) is 31.3 Å². The van der Waals surface area contributed by atoms with Crippen LogP contribution in [-0.2, 0) is 14.3 Å². The first-order valence-corrected chi connectivity index (χ1v) is 14.0. The summed E-state index contributed by atoms with van der Waals surface area (Å²) in [6.07, 6.45) is 0. The molecule has 1 atom stereocenters. The molecule has 0 aromatic heterocycles. The number of esters is 1. The largest absolute Gasteiger partial charge is 0.495 e. The summed E-state index contributed by atoms with van der Waals surface area (Å²) in [4.78, 5) is 26.4. The van der Waals surface area contributed by atoms with E-state index >= 15 is 0 Å². The average Bonchev–Trinajstić information content (AvgIpc) is 2.96. The lowest BCUT2D eigenvalue weighted by atomic mass is 9.81. The summed E-state index contributed by atoms with van der Waals surface area (Å²) in [6.45, 7) is 1.87. The normalized spacial score (nSPS) is 14.7. The van der Waals surface area contributed by atoms with Gasteiger partial charge in [-0.1, -0.05) is 83.5 Å². The van der Waals surface area contributed by atoms with Gasteiger partial charge in [0.2, 0.25) is 5.91 Å². The Hall–Kier alpha value is -3.90. The molecule has 3 aromatic rings. The second-order valence-electron chi connectivity index (χ2n) is 8.49. The van der Waals surface area contributed by atoms with E-state index in [9.17, 15) is 14.9 Å². The van der Waals surface area contributed by atoms with Gasteiger partial charge in [0.15, 0.2) is 0 Å². The number of anilines is 1. The Morgan fingerprint density at radius 2 is 1.80 bits per heavy atom. The van der Waals surface area contributed by atoms with Crippen LogP contribution in [0.4, 0.5) is 5.69 Å². The zero-order valence-corrected chi connectivity index (χ0v) is 24.0. The number of carbonyl (C=O) groups is 2. The number of halogens is 2. The second-order valence-corrected chi connectivity index (χ2v) is 10.3. The van der Waals surface area contributed by atoms with Gasteiger partial charge in [0, 0.05) is 10.0 Å². The number of allylic oxidation sites excluding steroid dienone is 1. The fourth-order valence-electron chi connectivity index (χ4n) is 4.28. The zero-order chi connectivity index (χ0) is 28.6. The topological polar surface area (TPSA) is 100 Å². The van der Waals surface area contributed by atoms with Crippen LogP contribution < -0.4 is 15.4 Å². The number of rotatable bonds is 9. The molecule has 0 saturated heterocycles. The number of benzene rings is 3. The molecule has 3 aromatic carbocycles. The van der Waals surface area contributed by atoms with Crippen LogP contribution in [0.2, 0.25) is 10.0 Å². The highest BCUT2D eigenvalue weighted by atomic mass is 35.5. The highest BCUT2D eigenvalue weighted by molar-refractivity contribution is 8.03. The van der Waals surface area contributed by atoms with Gasteiger partial charge in [-0.2, -0.15) is 5.26 Å². The molecule has 0 fully saturated rings. The predicted octanol–water partition coefficient (Wildman–Crippen LogP) is 6.77. The summed E-state index contributed by atoms with van der Waals surface area (Å²) < 4.78 is 10.8.